The number of hydrogen-bond donors (Lipinski definition) is 1. The summed E-state index contributed by atoms with van der Waals surface area (Å²) in [7, 11) is -3.92. The smallest absolute Gasteiger partial charge is 0.302 e. The van der Waals surface area contributed by atoms with Crippen LogP contribution in [0.3, 0.4) is 0 Å². The van der Waals surface area contributed by atoms with Gasteiger partial charge in [-0.3, -0.25) is 9.05 Å². The maximum Gasteiger partial charge on any atom is 0.472 e. The Kier molecular flexibility index (Phi) is 5.91. The number of hydrogen-bond acceptors (Lipinski definition) is 3. The van der Waals surface area contributed by atoms with Crippen molar-refractivity contribution in [1.29, 1.82) is 0 Å². The van der Waals surface area contributed by atoms with Crippen LogP contribution in [0.5, 0.6) is 0 Å². The Balaban J connectivity index is 1.27. The van der Waals surface area contributed by atoms with E-state index in [0.717, 1.165) is 50.4 Å². The van der Waals surface area contributed by atoms with Crippen molar-refractivity contribution in [2.45, 2.75) is 102 Å². The average molecular weight is 370 g/mol. The van der Waals surface area contributed by atoms with Crippen LogP contribution in [0.25, 0.3) is 0 Å². The second kappa shape index (κ2) is 8.00. The molecule has 25 heavy (non-hydrogen) atoms. The minimum atomic E-state index is -3.92. The van der Waals surface area contributed by atoms with Gasteiger partial charge in [0.15, 0.2) is 0 Å². The molecule has 5 heteroatoms. The first-order valence-corrected chi connectivity index (χ1v) is 12.3. The lowest BCUT2D eigenvalue weighted by molar-refractivity contribution is 0.00227. The highest BCUT2D eigenvalue weighted by molar-refractivity contribution is 7.47. The maximum atomic E-state index is 12.6. The van der Waals surface area contributed by atoms with E-state index in [1.807, 2.05) is 0 Å². The molecule has 0 aliphatic heterocycles. The lowest BCUT2D eigenvalue weighted by atomic mass is 9.70. The van der Waals surface area contributed by atoms with E-state index in [1.54, 1.807) is 0 Å². The van der Waals surface area contributed by atoms with Gasteiger partial charge in [-0.15, -0.1) is 0 Å². The molecule has 4 saturated carbocycles. The van der Waals surface area contributed by atoms with Crippen LogP contribution in [0, 0.1) is 23.7 Å². The predicted octanol–water partition coefficient (Wildman–Crippen LogP) is 5.84. The Morgan fingerprint density at radius 1 is 0.600 bits per heavy atom. The van der Waals surface area contributed by atoms with Crippen molar-refractivity contribution < 1.29 is 18.5 Å². The fourth-order valence-electron chi connectivity index (χ4n) is 6.25. The minimum absolute atomic E-state index is 0.0822. The van der Waals surface area contributed by atoms with Gasteiger partial charge in [0.25, 0.3) is 0 Å². The second-order valence-corrected chi connectivity index (χ2v) is 10.5. The van der Waals surface area contributed by atoms with E-state index in [0.29, 0.717) is 11.8 Å². The zero-order chi connectivity index (χ0) is 17.3. The van der Waals surface area contributed by atoms with Gasteiger partial charge in [0.2, 0.25) is 0 Å². The summed E-state index contributed by atoms with van der Waals surface area (Å²) in [6.07, 6.45) is 16.5. The molecule has 4 rings (SSSR count). The number of phosphoric acid groups is 1. The highest BCUT2D eigenvalue weighted by Gasteiger charge is 2.39. The molecular weight excluding hydrogens is 335 g/mol. The third-order valence-corrected chi connectivity index (χ3v) is 8.68. The molecule has 6 atom stereocenters. The van der Waals surface area contributed by atoms with Gasteiger partial charge in [-0.2, -0.15) is 0 Å². The van der Waals surface area contributed by atoms with Crippen LogP contribution < -0.4 is 0 Å². The fraction of sp³-hybridized carbons (Fsp3) is 1.00. The monoisotopic (exact) mass is 370 g/mol. The minimum Gasteiger partial charge on any atom is -0.302 e. The molecule has 0 saturated heterocycles. The molecule has 0 aromatic carbocycles. The largest absolute Gasteiger partial charge is 0.472 e. The predicted molar refractivity (Wildman–Crippen MR) is 98.2 cm³/mol. The van der Waals surface area contributed by atoms with Crippen LogP contribution in [0.15, 0.2) is 0 Å². The topological polar surface area (TPSA) is 55.8 Å². The van der Waals surface area contributed by atoms with Crippen molar-refractivity contribution in [3.05, 3.63) is 0 Å². The molecule has 4 aliphatic carbocycles. The van der Waals surface area contributed by atoms with E-state index in [4.69, 9.17) is 9.05 Å². The van der Waals surface area contributed by atoms with Crippen molar-refractivity contribution in [2.24, 2.45) is 23.7 Å². The molecular formula is C20H35O4P. The third kappa shape index (κ3) is 4.69. The van der Waals surface area contributed by atoms with Gasteiger partial charge in [0, 0.05) is 0 Å². The molecule has 0 amide bonds. The van der Waals surface area contributed by atoms with Crippen LogP contribution >= 0.6 is 7.82 Å². The first-order chi connectivity index (χ1) is 12.1. The molecule has 0 heterocycles. The van der Waals surface area contributed by atoms with Gasteiger partial charge in [0.1, 0.15) is 0 Å². The quantitative estimate of drug-likeness (QED) is 0.632. The van der Waals surface area contributed by atoms with Crippen LogP contribution in [0.4, 0.5) is 0 Å². The lowest BCUT2D eigenvalue weighted by Crippen LogP contribution is -2.33. The standard InChI is InChI=1S/C20H35O4P/c21-25(22,23-19-11-9-15-5-1-3-7-17(15)13-19)24-20-12-10-16-6-2-4-8-18(16)14-20/h15-20H,1-14H2,(H,21,22). The van der Waals surface area contributed by atoms with E-state index in [-0.39, 0.29) is 12.2 Å². The molecule has 4 fully saturated rings. The average Bonchev–Trinajstić information content (AvgIpc) is 2.61. The third-order valence-electron chi connectivity index (χ3n) is 7.55. The number of phosphoric ester groups is 1. The van der Waals surface area contributed by atoms with E-state index < -0.39 is 7.82 Å². The zero-order valence-corrected chi connectivity index (χ0v) is 16.4. The Bertz CT molecular complexity index is 456. The summed E-state index contributed by atoms with van der Waals surface area (Å²) < 4.78 is 23.9. The summed E-state index contributed by atoms with van der Waals surface area (Å²) in [5, 5.41) is 0. The Morgan fingerprint density at radius 3 is 1.44 bits per heavy atom. The summed E-state index contributed by atoms with van der Waals surface area (Å²) in [5.41, 5.74) is 0. The zero-order valence-electron chi connectivity index (χ0n) is 15.5. The molecule has 0 aromatic rings. The van der Waals surface area contributed by atoms with E-state index in [1.165, 1.54) is 51.4 Å². The van der Waals surface area contributed by atoms with Gasteiger partial charge in [-0.05, 0) is 62.2 Å². The second-order valence-electron chi connectivity index (χ2n) is 9.16. The van der Waals surface area contributed by atoms with E-state index in [2.05, 4.69) is 0 Å². The molecule has 6 unspecified atom stereocenters. The molecule has 0 spiro atoms. The molecule has 0 radical (unpaired) electrons. The summed E-state index contributed by atoms with van der Waals surface area (Å²) in [5.74, 6) is 3.05. The summed E-state index contributed by atoms with van der Waals surface area (Å²) in [6, 6.07) is 0. The number of fused-ring (bicyclic) bond motifs is 2. The molecule has 4 aliphatic rings. The summed E-state index contributed by atoms with van der Waals surface area (Å²) in [4.78, 5) is 10.3. The van der Waals surface area contributed by atoms with Crippen molar-refractivity contribution >= 4 is 7.82 Å². The fourth-order valence-corrected chi connectivity index (χ4v) is 7.44. The molecule has 4 nitrogen and oxygen atoms in total. The molecule has 0 bridgehead atoms. The Labute approximate surface area is 152 Å². The first-order valence-electron chi connectivity index (χ1n) is 10.8. The number of rotatable bonds is 4. The Hall–Kier alpha value is 0.110. The van der Waals surface area contributed by atoms with Crippen LogP contribution in [0.2, 0.25) is 0 Å². The molecule has 1 N–H and O–H groups in total. The molecule has 144 valence electrons. The van der Waals surface area contributed by atoms with E-state index in [9.17, 15) is 9.46 Å². The first kappa shape index (κ1) is 18.5. The summed E-state index contributed by atoms with van der Waals surface area (Å²) >= 11 is 0. The van der Waals surface area contributed by atoms with Crippen LogP contribution in [0.1, 0.15) is 89.9 Å². The maximum absolute atomic E-state index is 12.6. The normalized spacial score (nSPS) is 44.4. The van der Waals surface area contributed by atoms with Crippen molar-refractivity contribution in [3.8, 4) is 0 Å². The van der Waals surface area contributed by atoms with Gasteiger partial charge in [-0.25, -0.2) is 4.57 Å². The van der Waals surface area contributed by atoms with Crippen molar-refractivity contribution in [2.75, 3.05) is 0 Å². The summed E-state index contributed by atoms with van der Waals surface area (Å²) in [6.45, 7) is 0. The van der Waals surface area contributed by atoms with Crippen LogP contribution in [-0.2, 0) is 13.6 Å². The van der Waals surface area contributed by atoms with Gasteiger partial charge in [-0.1, -0.05) is 51.4 Å². The van der Waals surface area contributed by atoms with Crippen LogP contribution in [-0.4, -0.2) is 17.1 Å². The molecule has 0 aromatic heterocycles. The van der Waals surface area contributed by atoms with Crippen molar-refractivity contribution in [1.82, 2.24) is 0 Å². The SMILES string of the molecule is O=P(O)(OC1CCC2CCCCC2C1)OC1CCC2CCCCC2C1. The highest BCUT2D eigenvalue weighted by atomic mass is 31.2. The van der Waals surface area contributed by atoms with Gasteiger partial charge < -0.3 is 4.89 Å². The van der Waals surface area contributed by atoms with Gasteiger partial charge in [0.05, 0.1) is 12.2 Å². The van der Waals surface area contributed by atoms with E-state index >= 15 is 0 Å². The highest BCUT2D eigenvalue weighted by Crippen LogP contribution is 2.53. The Morgan fingerprint density at radius 2 is 1.00 bits per heavy atom. The van der Waals surface area contributed by atoms with Gasteiger partial charge >= 0.3 is 7.82 Å². The lowest BCUT2D eigenvalue weighted by Gasteiger charge is -2.41. The van der Waals surface area contributed by atoms with Crippen molar-refractivity contribution in [3.63, 3.8) is 0 Å².